The van der Waals surface area contributed by atoms with Crippen molar-refractivity contribution in [1.29, 1.82) is 0 Å². The zero-order valence-electron chi connectivity index (χ0n) is 22.5. The SMILES string of the molecule is Cc1cccc(C2C3=CCC4C(=O)N(c5ccc(Br)cc5)C(=O)C4C3CC3C(=O)N(c4ccc(Br)cc4)C(=O)C32)c1O. The lowest BCUT2D eigenvalue weighted by atomic mass is 9.57. The molecule has 4 amide bonds. The maximum atomic E-state index is 14.2. The maximum absolute atomic E-state index is 14.2. The van der Waals surface area contributed by atoms with Crippen LogP contribution in [0.25, 0.3) is 0 Å². The summed E-state index contributed by atoms with van der Waals surface area (Å²) in [6.07, 6.45) is 2.63. The molecule has 0 aromatic heterocycles. The molecule has 42 heavy (non-hydrogen) atoms. The number of aromatic hydroxyl groups is 1. The molecule has 1 N–H and O–H groups in total. The van der Waals surface area contributed by atoms with Crippen molar-refractivity contribution in [1.82, 2.24) is 0 Å². The van der Waals surface area contributed by atoms with E-state index in [0.717, 1.165) is 14.5 Å². The summed E-state index contributed by atoms with van der Waals surface area (Å²) in [4.78, 5) is 58.4. The smallest absolute Gasteiger partial charge is 0.238 e. The molecule has 7 nitrogen and oxygen atoms in total. The monoisotopic (exact) mass is 688 g/mol. The van der Waals surface area contributed by atoms with Gasteiger partial charge in [0, 0.05) is 20.4 Å². The zero-order valence-corrected chi connectivity index (χ0v) is 25.7. The molecule has 212 valence electrons. The molecule has 0 spiro atoms. The van der Waals surface area contributed by atoms with E-state index in [1.807, 2.05) is 12.1 Å². The Morgan fingerprint density at radius 2 is 1.24 bits per heavy atom. The molecule has 2 saturated heterocycles. The predicted octanol–water partition coefficient (Wildman–Crippen LogP) is 6.27. The van der Waals surface area contributed by atoms with Crippen LogP contribution in [0.1, 0.15) is 29.9 Å². The van der Waals surface area contributed by atoms with Crippen molar-refractivity contribution >= 4 is 66.9 Å². The van der Waals surface area contributed by atoms with E-state index in [1.54, 1.807) is 67.6 Å². The zero-order chi connectivity index (χ0) is 29.4. The van der Waals surface area contributed by atoms with Gasteiger partial charge in [0.15, 0.2) is 0 Å². The molecule has 2 aliphatic carbocycles. The number of hydrogen-bond acceptors (Lipinski definition) is 5. The van der Waals surface area contributed by atoms with Gasteiger partial charge in [0.2, 0.25) is 23.6 Å². The number of imide groups is 2. The van der Waals surface area contributed by atoms with E-state index < -0.39 is 35.5 Å². The van der Waals surface area contributed by atoms with Crippen LogP contribution in [0.15, 0.2) is 87.3 Å². The van der Waals surface area contributed by atoms with Crippen molar-refractivity contribution in [3.63, 3.8) is 0 Å². The number of amides is 4. The summed E-state index contributed by atoms with van der Waals surface area (Å²) in [5.41, 5.74) is 3.09. The third-order valence-electron chi connectivity index (χ3n) is 9.42. The molecular formula is C33H26Br2N2O5. The van der Waals surface area contributed by atoms with E-state index in [1.165, 1.54) is 9.80 Å². The van der Waals surface area contributed by atoms with Crippen LogP contribution in [0, 0.1) is 36.5 Å². The van der Waals surface area contributed by atoms with Crippen molar-refractivity contribution in [2.45, 2.75) is 25.7 Å². The number of carbonyl (C=O) groups excluding carboxylic acids is 4. The van der Waals surface area contributed by atoms with Gasteiger partial charge >= 0.3 is 0 Å². The molecule has 2 aliphatic heterocycles. The molecule has 0 radical (unpaired) electrons. The number of allylic oxidation sites excluding steroid dienone is 2. The van der Waals surface area contributed by atoms with Crippen LogP contribution in [-0.4, -0.2) is 28.7 Å². The average Bonchev–Trinajstić information content (AvgIpc) is 3.38. The van der Waals surface area contributed by atoms with Gasteiger partial charge in [0.25, 0.3) is 0 Å². The van der Waals surface area contributed by atoms with E-state index in [0.29, 0.717) is 28.9 Å². The second-order valence-corrected chi connectivity index (χ2v) is 13.3. The normalized spacial score (nSPS) is 28.5. The predicted molar refractivity (Wildman–Crippen MR) is 164 cm³/mol. The lowest BCUT2D eigenvalue weighted by Gasteiger charge is -2.44. The fourth-order valence-corrected chi connectivity index (χ4v) is 8.09. The van der Waals surface area contributed by atoms with Gasteiger partial charge in [0.1, 0.15) is 5.75 Å². The number of phenols is 1. The molecule has 7 rings (SSSR count). The Balaban J connectivity index is 1.35. The molecule has 3 fully saturated rings. The lowest BCUT2D eigenvalue weighted by molar-refractivity contribution is -0.126. The summed E-state index contributed by atoms with van der Waals surface area (Å²) in [5, 5.41) is 11.2. The molecule has 2 heterocycles. The molecule has 3 aromatic carbocycles. The number of para-hydroxylation sites is 1. The Kier molecular flexibility index (Phi) is 6.51. The molecule has 1 saturated carbocycles. The van der Waals surface area contributed by atoms with Crippen molar-refractivity contribution in [3.05, 3.63) is 98.5 Å². The first-order valence-electron chi connectivity index (χ1n) is 13.9. The molecule has 9 heteroatoms. The van der Waals surface area contributed by atoms with Crippen molar-refractivity contribution in [3.8, 4) is 5.75 Å². The maximum Gasteiger partial charge on any atom is 0.238 e. The van der Waals surface area contributed by atoms with Crippen LogP contribution in [0.3, 0.4) is 0 Å². The summed E-state index contributed by atoms with van der Waals surface area (Å²) in [5.74, 6) is -4.73. The summed E-state index contributed by atoms with van der Waals surface area (Å²) in [7, 11) is 0. The molecule has 4 aliphatic rings. The number of carbonyl (C=O) groups is 4. The van der Waals surface area contributed by atoms with Gasteiger partial charge in [-0.05, 0) is 79.8 Å². The first-order valence-corrected chi connectivity index (χ1v) is 15.5. The van der Waals surface area contributed by atoms with Gasteiger partial charge in [-0.3, -0.25) is 29.0 Å². The Hall–Kier alpha value is -3.56. The fraction of sp³-hybridized carbons (Fsp3) is 0.273. The van der Waals surface area contributed by atoms with E-state index in [4.69, 9.17) is 0 Å². The average molecular weight is 690 g/mol. The number of benzene rings is 3. The number of anilines is 2. The first-order chi connectivity index (χ1) is 20.2. The van der Waals surface area contributed by atoms with Gasteiger partial charge in [0.05, 0.1) is 35.0 Å². The Bertz CT molecular complexity index is 1700. The Morgan fingerprint density at radius 3 is 1.83 bits per heavy atom. The molecule has 0 bridgehead atoms. The third kappa shape index (κ3) is 3.96. The van der Waals surface area contributed by atoms with E-state index in [2.05, 4.69) is 31.9 Å². The fourth-order valence-electron chi connectivity index (χ4n) is 7.56. The second kappa shape index (κ2) is 10.0. The number of aryl methyl sites for hydroxylation is 1. The van der Waals surface area contributed by atoms with Gasteiger partial charge in [-0.15, -0.1) is 0 Å². The van der Waals surface area contributed by atoms with Crippen molar-refractivity contribution in [2.75, 3.05) is 9.80 Å². The van der Waals surface area contributed by atoms with E-state index >= 15 is 0 Å². The number of halogens is 2. The number of nitrogens with zero attached hydrogens (tertiary/aromatic N) is 2. The first kappa shape index (κ1) is 27.3. The third-order valence-corrected chi connectivity index (χ3v) is 10.5. The minimum absolute atomic E-state index is 0.0811. The number of hydrogen-bond donors (Lipinski definition) is 1. The topological polar surface area (TPSA) is 95.0 Å². The molecular weight excluding hydrogens is 664 g/mol. The summed E-state index contributed by atoms with van der Waals surface area (Å²) in [6, 6.07) is 19.5. The summed E-state index contributed by atoms with van der Waals surface area (Å²) in [6.45, 7) is 1.80. The molecule has 6 unspecified atom stereocenters. The highest BCUT2D eigenvalue weighted by Crippen LogP contribution is 2.59. The van der Waals surface area contributed by atoms with Crippen LogP contribution in [-0.2, 0) is 19.2 Å². The molecule has 3 aromatic rings. The Morgan fingerprint density at radius 1 is 0.690 bits per heavy atom. The van der Waals surface area contributed by atoms with Gasteiger partial charge in [-0.25, -0.2) is 0 Å². The summed E-state index contributed by atoms with van der Waals surface area (Å²) < 4.78 is 1.66. The minimum Gasteiger partial charge on any atom is -0.507 e. The number of rotatable bonds is 3. The highest BCUT2D eigenvalue weighted by molar-refractivity contribution is 9.10. The second-order valence-electron chi connectivity index (χ2n) is 11.5. The van der Waals surface area contributed by atoms with Crippen LogP contribution in [0.2, 0.25) is 0 Å². The standard InChI is InChI=1S/C33H26Br2N2O5/c1-16-3-2-4-22(29(16)38)26-21-13-14-23-27(32(41)36(30(23)39)19-9-5-17(34)6-10-19)24(21)15-25-28(26)33(42)37(31(25)40)20-11-7-18(35)8-12-20/h2-13,23-28,38H,14-15H2,1H3. The highest BCUT2D eigenvalue weighted by atomic mass is 79.9. The summed E-state index contributed by atoms with van der Waals surface area (Å²) >= 11 is 6.82. The van der Waals surface area contributed by atoms with Gasteiger partial charge < -0.3 is 5.11 Å². The van der Waals surface area contributed by atoms with Crippen LogP contribution in [0.5, 0.6) is 5.75 Å². The van der Waals surface area contributed by atoms with Crippen LogP contribution >= 0.6 is 31.9 Å². The number of phenolic OH excluding ortho intramolecular Hbond substituents is 1. The van der Waals surface area contributed by atoms with E-state index in [-0.39, 0.29) is 35.8 Å². The Labute approximate surface area is 259 Å². The van der Waals surface area contributed by atoms with Gasteiger partial charge in [-0.1, -0.05) is 61.7 Å². The minimum atomic E-state index is -0.734. The lowest BCUT2D eigenvalue weighted by Crippen LogP contribution is -2.43. The van der Waals surface area contributed by atoms with Crippen LogP contribution in [0.4, 0.5) is 11.4 Å². The largest absolute Gasteiger partial charge is 0.507 e. The number of fused-ring (bicyclic) bond motifs is 4. The van der Waals surface area contributed by atoms with Crippen LogP contribution < -0.4 is 9.80 Å². The van der Waals surface area contributed by atoms with Crippen molar-refractivity contribution in [2.24, 2.45) is 29.6 Å². The quantitative estimate of drug-likeness (QED) is 0.259. The highest BCUT2D eigenvalue weighted by Gasteiger charge is 2.62. The van der Waals surface area contributed by atoms with Crippen molar-refractivity contribution < 1.29 is 24.3 Å². The van der Waals surface area contributed by atoms with E-state index in [9.17, 15) is 24.3 Å². The molecule has 6 atom stereocenters. The van der Waals surface area contributed by atoms with Gasteiger partial charge in [-0.2, -0.15) is 0 Å².